The molecule has 1 aliphatic rings. The number of amides is 2. The zero-order valence-corrected chi connectivity index (χ0v) is 17.8. The Bertz CT molecular complexity index is 1270. The minimum Gasteiger partial charge on any atom is -0.339 e. The van der Waals surface area contributed by atoms with Gasteiger partial charge in [-0.3, -0.25) is 9.59 Å². The van der Waals surface area contributed by atoms with Crippen LogP contribution in [0.2, 0.25) is 0 Å². The van der Waals surface area contributed by atoms with Gasteiger partial charge in [0, 0.05) is 36.7 Å². The van der Waals surface area contributed by atoms with E-state index in [9.17, 15) is 14.0 Å². The van der Waals surface area contributed by atoms with Crippen LogP contribution < -0.4 is 5.32 Å². The molecular formula is C25H22FN5O2. The number of carbonyl (C=O) groups excluding carboxylic acids is 2. The standard InChI is InChI=1S/C25H22FN5O2/c26-19-7-11-21(12-8-19)31-24(29-13-1-2-14-29)22(17-27-31)23(32)28-20-9-5-18(6-10-20)25(33)30-15-3-4-16-30/h1-2,5-14,17H,3-4,15-16H2,(H,28,32). The second-order valence-corrected chi connectivity index (χ2v) is 7.89. The van der Waals surface area contributed by atoms with Crippen LogP contribution in [0.5, 0.6) is 0 Å². The van der Waals surface area contributed by atoms with Gasteiger partial charge in [0.15, 0.2) is 5.82 Å². The van der Waals surface area contributed by atoms with Gasteiger partial charge >= 0.3 is 0 Å². The Morgan fingerprint density at radius 3 is 2.24 bits per heavy atom. The van der Waals surface area contributed by atoms with E-state index in [-0.39, 0.29) is 17.6 Å². The van der Waals surface area contributed by atoms with Gasteiger partial charge in [0.05, 0.1) is 11.9 Å². The van der Waals surface area contributed by atoms with Crippen LogP contribution >= 0.6 is 0 Å². The summed E-state index contributed by atoms with van der Waals surface area (Å²) >= 11 is 0. The Kier molecular flexibility index (Phi) is 5.48. The van der Waals surface area contributed by atoms with Crippen molar-refractivity contribution in [1.82, 2.24) is 19.2 Å². The molecule has 0 radical (unpaired) electrons. The molecule has 1 N–H and O–H groups in total. The number of halogens is 1. The summed E-state index contributed by atoms with van der Waals surface area (Å²) in [6.07, 6.45) is 7.18. The average molecular weight is 443 g/mol. The highest BCUT2D eigenvalue weighted by Gasteiger charge is 2.21. The molecule has 0 aliphatic carbocycles. The molecular weight excluding hydrogens is 421 g/mol. The Morgan fingerprint density at radius 1 is 0.909 bits per heavy atom. The molecule has 2 aromatic heterocycles. The van der Waals surface area contributed by atoms with E-state index in [1.54, 1.807) is 45.6 Å². The minimum absolute atomic E-state index is 0.0147. The van der Waals surface area contributed by atoms with E-state index in [1.165, 1.54) is 18.3 Å². The monoisotopic (exact) mass is 443 g/mol. The summed E-state index contributed by atoms with van der Waals surface area (Å²) in [5.41, 5.74) is 2.16. The van der Waals surface area contributed by atoms with Crippen molar-refractivity contribution in [2.75, 3.05) is 18.4 Å². The third-order valence-corrected chi connectivity index (χ3v) is 5.69. The smallest absolute Gasteiger partial charge is 0.261 e. The zero-order chi connectivity index (χ0) is 22.8. The van der Waals surface area contributed by atoms with Crippen molar-refractivity contribution in [3.05, 3.63) is 96.2 Å². The van der Waals surface area contributed by atoms with Gasteiger partial charge in [0.1, 0.15) is 11.4 Å². The summed E-state index contributed by atoms with van der Waals surface area (Å²) in [7, 11) is 0. The molecule has 0 unspecified atom stereocenters. The molecule has 33 heavy (non-hydrogen) atoms. The Labute approximate surface area is 190 Å². The number of carbonyl (C=O) groups is 2. The number of aromatic nitrogens is 3. The fourth-order valence-corrected chi connectivity index (χ4v) is 3.99. The maximum Gasteiger partial charge on any atom is 0.261 e. The summed E-state index contributed by atoms with van der Waals surface area (Å²) in [5.74, 6) is -0.144. The minimum atomic E-state index is -0.349. The first-order valence-corrected chi connectivity index (χ1v) is 10.8. The molecule has 0 saturated carbocycles. The molecule has 1 fully saturated rings. The van der Waals surface area contributed by atoms with E-state index >= 15 is 0 Å². The first kappa shape index (κ1) is 20.7. The van der Waals surface area contributed by atoms with Gasteiger partial charge in [-0.05, 0) is 73.5 Å². The summed E-state index contributed by atoms with van der Waals surface area (Å²) < 4.78 is 16.8. The van der Waals surface area contributed by atoms with E-state index in [1.807, 2.05) is 29.4 Å². The van der Waals surface area contributed by atoms with Crippen molar-refractivity contribution in [3.63, 3.8) is 0 Å². The number of hydrogen-bond donors (Lipinski definition) is 1. The third-order valence-electron chi connectivity index (χ3n) is 5.69. The maximum absolute atomic E-state index is 13.4. The zero-order valence-electron chi connectivity index (χ0n) is 17.8. The van der Waals surface area contributed by atoms with Crippen LogP contribution in [-0.4, -0.2) is 44.2 Å². The van der Waals surface area contributed by atoms with Crippen LogP contribution in [0.4, 0.5) is 10.1 Å². The molecule has 0 atom stereocenters. The van der Waals surface area contributed by atoms with Crippen LogP contribution in [0.1, 0.15) is 33.6 Å². The van der Waals surface area contributed by atoms with Crippen molar-refractivity contribution in [3.8, 4) is 11.5 Å². The van der Waals surface area contributed by atoms with E-state index in [4.69, 9.17) is 0 Å². The molecule has 0 spiro atoms. The lowest BCUT2D eigenvalue weighted by atomic mass is 10.1. The number of hydrogen-bond acceptors (Lipinski definition) is 3. The summed E-state index contributed by atoms with van der Waals surface area (Å²) in [4.78, 5) is 27.5. The van der Waals surface area contributed by atoms with Gasteiger partial charge in [-0.15, -0.1) is 0 Å². The molecule has 3 heterocycles. The van der Waals surface area contributed by atoms with Gasteiger partial charge in [-0.25, -0.2) is 9.07 Å². The Morgan fingerprint density at radius 2 is 1.58 bits per heavy atom. The number of likely N-dealkylation sites (tertiary alicyclic amines) is 1. The van der Waals surface area contributed by atoms with E-state index in [2.05, 4.69) is 10.4 Å². The van der Waals surface area contributed by atoms with Crippen molar-refractivity contribution < 1.29 is 14.0 Å². The summed E-state index contributed by atoms with van der Waals surface area (Å²) in [6.45, 7) is 1.58. The number of anilines is 1. The highest BCUT2D eigenvalue weighted by Crippen LogP contribution is 2.22. The molecule has 4 aromatic rings. The lowest BCUT2D eigenvalue weighted by Gasteiger charge is -2.15. The Hall–Kier alpha value is -4.20. The lowest BCUT2D eigenvalue weighted by molar-refractivity contribution is 0.0792. The molecule has 166 valence electrons. The van der Waals surface area contributed by atoms with Crippen molar-refractivity contribution in [1.29, 1.82) is 0 Å². The average Bonchev–Trinajstić information content (AvgIpc) is 3.61. The number of rotatable bonds is 5. The lowest BCUT2D eigenvalue weighted by Crippen LogP contribution is -2.27. The highest BCUT2D eigenvalue weighted by atomic mass is 19.1. The van der Waals surface area contributed by atoms with Crippen LogP contribution in [0.15, 0.2) is 79.3 Å². The summed E-state index contributed by atoms with van der Waals surface area (Å²) in [6, 6.07) is 16.5. The van der Waals surface area contributed by atoms with Crippen molar-refractivity contribution in [2.24, 2.45) is 0 Å². The van der Waals surface area contributed by atoms with Crippen molar-refractivity contribution in [2.45, 2.75) is 12.8 Å². The highest BCUT2D eigenvalue weighted by molar-refractivity contribution is 6.06. The van der Waals surface area contributed by atoms with Gasteiger partial charge < -0.3 is 14.8 Å². The molecule has 2 amide bonds. The van der Waals surface area contributed by atoms with Crippen molar-refractivity contribution >= 4 is 17.5 Å². The van der Waals surface area contributed by atoms with Crippen LogP contribution in [-0.2, 0) is 0 Å². The second kappa shape index (κ2) is 8.74. The van der Waals surface area contributed by atoms with Crippen LogP contribution in [0.3, 0.4) is 0 Å². The fourth-order valence-electron chi connectivity index (χ4n) is 3.99. The molecule has 2 aromatic carbocycles. The molecule has 8 heteroatoms. The topological polar surface area (TPSA) is 72.2 Å². The largest absolute Gasteiger partial charge is 0.339 e. The second-order valence-electron chi connectivity index (χ2n) is 7.89. The molecule has 1 saturated heterocycles. The predicted molar refractivity (Wildman–Crippen MR) is 122 cm³/mol. The third kappa shape index (κ3) is 4.15. The number of nitrogens with zero attached hydrogens (tertiary/aromatic N) is 4. The van der Waals surface area contributed by atoms with Gasteiger partial charge in [-0.1, -0.05) is 0 Å². The molecule has 0 bridgehead atoms. The van der Waals surface area contributed by atoms with Gasteiger partial charge in [0.2, 0.25) is 0 Å². The van der Waals surface area contributed by atoms with E-state index < -0.39 is 0 Å². The van der Waals surface area contributed by atoms with E-state index in [0.717, 1.165) is 25.9 Å². The normalized spacial score (nSPS) is 13.3. The first-order chi connectivity index (χ1) is 16.1. The van der Waals surface area contributed by atoms with Crippen LogP contribution in [0, 0.1) is 5.82 Å². The maximum atomic E-state index is 13.4. The molecule has 1 aliphatic heterocycles. The first-order valence-electron chi connectivity index (χ1n) is 10.8. The predicted octanol–water partition coefficient (Wildman–Crippen LogP) is 4.29. The number of benzene rings is 2. The Balaban J connectivity index is 1.40. The fraction of sp³-hybridized carbons (Fsp3) is 0.160. The number of nitrogens with one attached hydrogen (secondary N) is 1. The molecule has 5 rings (SSSR count). The quantitative estimate of drug-likeness (QED) is 0.500. The SMILES string of the molecule is O=C(Nc1ccc(C(=O)N2CCCC2)cc1)c1cnn(-c2ccc(F)cc2)c1-n1cccc1. The molecule has 7 nitrogen and oxygen atoms in total. The van der Waals surface area contributed by atoms with Gasteiger partial charge in [-0.2, -0.15) is 5.10 Å². The van der Waals surface area contributed by atoms with Crippen LogP contribution in [0.25, 0.3) is 11.5 Å². The summed E-state index contributed by atoms with van der Waals surface area (Å²) in [5, 5.41) is 7.26. The van der Waals surface area contributed by atoms with E-state index in [0.29, 0.717) is 28.3 Å². The van der Waals surface area contributed by atoms with Gasteiger partial charge in [0.25, 0.3) is 11.8 Å².